The van der Waals surface area contributed by atoms with Gasteiger partial charge in [0.05, 0.1) is 13.7 Å². The van der Waals surface area contributed by atoms with Crippen LogP contribution in [0.2, 0.25) is 5.02 Å². The number of thiophene rings is 1. The Hall–Kier alpha value is -2.59. The topological polar surface area (TPSA) is 84.9 Å². The molecule has 0 bridgehead atoms. The van der Waals surface area contributed by atoms with E-state index in [2.05, 4.69) is 5.32 Å². The van der Waals surface area contributed by atoms with Crippen LogP contribution < -0.4 is 14.8 Å². The Morgan fingerprint density at radius 3 is 2.53 bits per heavy atom. The van der Waals surface area contributed by atoms with Crippen LogP contribution in [0.4, 0.5) is 0 Å². The van der Waals surface area contributed by atoms with E-state index in [1.807, 2.05) is 18.2 Å². The molecule has 3 rings (SSSR count). The summed E-state index contributed by atoms with van der Waals surface area (Å²) >= 11 is 7.28. The number of hydrogen-bond donors (Lipinski definition) is 1. The number of carbonyl (C=O) groups excluding carboxylic acids is 1. The number of methoxy groups -OCH3 is 1. The van der Waals surface area contributed by atoms with E-state index in [0.29, 0.717) is 22.1 Å². The summed E-state index contributed by atoms with van der Waals surface area (Å²) < 4.78 is 36.9. The normalized spacial score (nSPS) is 11.4. The van der Waals surface area contributed by atoms with Crippen molar-refractivity contribution in [2.75, 3.05) is 21.2 Å². The first-order valence-electron chi connectivity index (χ1n) is 9.56. The first-order chi connectivity index (χ1) is 15.2. The highest BCUT2D eigenvalue weighted by molar-refractivity contribution is 7.91. The van der Waals surface area contributed by atoms with Crippen molar-refractivity contribution in [1.82, 2.24) is 9.62 Å². The summed E-state index contributed by atoms with van der Waals surface area (Å²) in [5.74, 6) is 0.590. The number of rotatable bonds is 9. The maximum atomic E-state index is 12.6. The summed E-state index contributed by atoms with van der Waals surface area (Å²) in [4.78, 5) is 13.3. The maximum absolute atomic E-state index is 12.6. The second kappa shape index (κ2) is 10.4. The van der Waals surface area contributed by atoms with Gasteiger partial charge < -0.3 is 14.8 Å². The fourth-order valence-corrected chi connectivity index (χ4v) is 5.39. The average Bonchev–Trinajstić information content (AvgIpc) is 3.26. The Kier molecular flexibility index (Phi) is 7.78. The summed E-state index contributed by atoms with van der Waals surface area (Å²) in [7, 11) is 0.965. The number of ether oxygens (including phenoxy) is 2. The van der Waals surface area contributed by atoms with Crippen molar-refractivity contribution in [2.24, 2.45) is 0 Å². The summed E-state index contributed by atoms with van der Waals surface area (Å²) in [5.41, 5.74) is 1.23. The van der Waals surface area contributed by atoms with Gasteiger partial charge in [0.2, 0.25) is 0 Å². The number of carbonyl (C=O) groups is 1. The molecule has 7 nitrogen and oxygen atoms in total. The van der Waals surface area contributed by atoms with Crippen LogP contribution in [0.15, 0.2) is 58.8 Å². The number of halogens is 1. The smallest absolute Gasteiger partial charge is 0.252 e. The third-order valence-electron chi connectivity index (χ3n) is 4.56. The average molecular weight is 495 g/mol. The molecule has 0 aliphatic carbocycles. The van der Waals surface area contributed by atoms with Crippen molar-refractivity contribution in [3.8, 4) is 11.5 Å². The molecule has 0 saturated carbocycles. The molecule has 32 heavy (non-hydrogen) atoms. The highest BCUT2D eigenvalue weighted by Crippen LogP contribution is 2.30. The Bertz CT molecular complexity index is 1210. The van der Waals surface area contributed by atoms with Gasteiger partial charge in [0.1, 0.15) is 10.8 Å². The molecular formula is C22H23ClN2O5S2. The molecule has 0 aliphatic heterocycles. The van der Waals surface area contributed by atoms with Crippen molar-refractivity contribution in [3.05, 3.63) is 75.6 Å². The molecule has 3 aromatic rings. The first kappa shape index (κ1) is 24.1. The summed E-state index contributed by atoms with van der Waals surface area (Å²) in [5, 5.41) is 3.40. The van der Waals surface area contributed by atoms with Crippen LogP contribution in [0.3, 0.4) is 0 Å². The van der Waals surface area contributed by atoms with Gasteiger partial charge >= 0.3 is 0 Å². The fourth-order valence-electron chi connectivity index (χ4n) is 2.74. The largest absolute Gasteiger partial charge is 0.493 e. The van der Waals surface area contributed by atoms with Crippen molar-refractivity contribution in [3.63, 3.8) is 0 Å². The summed E-state index contributed by atoms with van der Waals surface area (Å²) in [6.07, 6.45) is 0. The minimum atomic E-state index is -3.49. The van der Waals surface area contributed by atoms with Crippen LogP contribution in [0.25, 0.3) is 0 Å². The molecule has 0 unspecified atom stereocenters. The van der Waals surface area contributed by atoms with Crippen LogP contribution in [-0.4, -0.2) is 39.8 Å². The number of nitrogens with one attached hydrogen (secondary N) is 1. The molecule has 0 saturated heterocycles. The van der Waals surface area contributed by atoms with E-state index >= 15 is 0 Å². The third-order valence-corrected chi connectivity index (χ3v) is 8.30. The molecule has 0 radical (unpaired) electrons. The van der Waals surface area contributed by atoms with Crippen LogP contribution in [-0.2, 0) is 23.2 Å². The van der Waals surface area contributed by atoms with E-state index in [1.165, 1.54) is 27.3 Å². The van der Waals surface area contributed by atoms with Gasteiger partial charge in [-0.05, 0) is 36.4 Å². The van der Waals surface area contributed by atoms with E-state index in [0.717, 1.165) is 26.1 Å². The number of sulfonamides is 1. The summed E-state index contributed by atoms with van der Waals surface area (Å²) in [6, 6.07) is 15.5. The Balaban J connectivity index is 1.65. The van der Waals surface area contributed by atoms with Crippen molar-refractivity contribution >= 4 is 38.9 Å². The summed E-state index contributed by atoms with van der Waals surface area (Å²) in [6.45, 7) is 0.470. The molecule has 10 heteroatoms. The second-order valence-corrected chi connectivity index (χ2v) is 10.9. The van der Waals surface area contributed by atoms with Gasteiger partial charge in [-0.2, -0.15) is 0 Å². The van der Waals surface area contributed by atoms with Gasteiger partial charge in [-0.25, -0.2) is 12.7 Å². The lowest BCUT2D eigenvalue weighted by Crippen LogP contribution is -2.22. The van der Waals surface area contributed by atoms with Crippen LogP contribution in [0, 0.1) is 0 Å². The zero-order valence-corrected chi connectivity index (χ0v) is 20.2. The van der Waals surface area contributed by atoms with Gasteiger partial charge in [-0.15, -0.1) is 11.3 Å². The predicted octanol–water partition coefficient (Wildman–Crippen LogP) is 4.17. The van der Waals surface area contributed by atoms with Crippen molar-refractivity contribution in [2.45, 2.75) is 17.4 Å². The van der Waals surface area contributed by atoms with E-state index in [1.54, 1.807) is 30.3 Å². The van der Waals surface area contributed by atoms with Gasteiger partial charge in [0.25, 0.3) is 15.9 Å². The maximum Gasteiger partial charge on any atom is 0.252 e. The fraction of sp³-hybridized carbons (Fsp3) is 0.227. The Morgan fingerprint density at radius 1 is 1.09 bits per heavy atom. The standard InChI is InChI=1S/C22H23ClN2O5S2/c1-25(2)32(27,28)21-11-9-17(31-21)13-24-22(26)15-8-10-19(20(12-15)29-3)30-14-16-6-4-5-7-18(16)23/h4-12H,13-14H2,1-3H3,(H,24,26). The monoisotopic (exact) mass is 494 g/mol. The van der Waals surface area contributed by atoms with E-state index in [-0.39, 0.29) is 23.3 Å². The lowest BCUT2D eigenvalue weighted by atomic mass is 10.2. The number of amides is 1. The lowest BCUT2D eigenvalue weighted by Gasteiger charge is -2.13. The minimum Gasteiger partial charge on any atom is -0.493 e. The van der Waals surface area contributed by atoms with Gasteiger partial charge in [-0.1, -0.05) is 29.8 Å². The molecule has 0 atom stereocenters. The quantitative estimate of drug-likeness (QED) is 0.482. The second-order valence-electron chi connectivity index (χ2n) is 6.94. The molecule has 0 spiro atoms. The third kappa shape index (κ3) is 5.60. The zero-order valence-electron chi connectivity index (χ0n) is 17.8. The Labute approximate surface area is 196 Å². The number of hydrogen-bond acceptors (Lipinski definition) is 6. The molecule has 1 N–H and O–H groups in total. The number of nitrogens with zero attached hydrogens (tertiary/aromatic N) is 1. The molecular weight excluding hydrogens is 472 g/mol. The van der Waals surface area contributed by atoms with Crippen LogP contribution in [0.5, 0.6) is 11.5 Å². The zero-order chi connectivity index (χ0) is 23.3. The molecule has 1 aromatic heterocycles. The highest BCUT2D eigenvalue weighted by Gasteiger charge is 2.20. The molecule has 170 valence electrons. The van der Waals surface area contributed by atoms with Gasteiger partial charge in [0.15, 0.2) is 11.5 Å². The van der Waals surface area contributed by atoms with E-state index in [9.17, 15) is 13.2 Å². The molecule has 2 aromatic carbocycles. The lowest BCUT2D eigenvalue weighted by molar-refractivity contribution is 0.0951. The molecule has 1 amide bonds. The van der Waals surface area contributed by atoms with Crippen LogP contribution >= 0.6 is 22.9 Å². The van der Waals surface area contributed by atoms with E-state index in [4.69, 9.17) is 21.1 Å². The van der Waals surface area contributed by atoms with Gasteiger partial charge in [-0.3, -0.25) is 4.79 Å². The SMILES string of the molecule is COc1cc(C(=O)NCc2ccc(S(=O)(=O)N(C)C)s2)ccc1OCc1ccccc1Cl. The Morgan fingerprint density at radius 2 is 1.84 bits per heavy atom. The molecule has 0 fully saturated rings. The van der Waals surface area contributed by atoms with Crippen LogP contribution in [0.1, 0.15) is 20.8 Å². The predicted molar refractivity (Wildman–Crippen MR) is 125 cm³/mol. The van der Waals surface area contributed by atoms with Gasteiger partial charge in [0, 0.05) is 35.1 Å². The van der Waals surface area contributed by atoms with Crippen molar-refractivity contribution < 1.29 is 22.7 Å². The number of benzene rings is 2. The first-order valence-corrected chi connectivity index (χ1v) is 12.2. The highest BCUT2D eigenvalue weighted by atomic mass is 35.5. The van der Waals surface area contributed by atoms with Crippen molar-refractivity contribution in [1.29, 1.82) is 0 Å². The molecule has 1 heterocycles. The molecule has 0 aliphatic rings. The minimum absolute atomic E-state index is 0.208. The van der Waals surface area contributed by atoms with E-state index < -0.39 is 10.0 Å².